The van der Waals surface area contributed by atoms with E-state index >= 15 is 0 Å². The molecule has 534 valence electrons. The molecule has 10 rings (SSSR count). The molecule has 1 aliphatic carbocycles. The van der Waals surface area contributed by atoms with Crippen molar-refractivity contribution in [2.24, 2.45) is 17.8 Å². The molecule has 0 amide bonds. The van der Waals surface area contributed by atoms with Crippen molar-refractivity contribution >= 4 is 11.8 Å². The number of piperazine rings is 1. The standard InChI is InChI=1S/C9H15N.C9H16.C8H18N2.C8H15N.C8H17N.C8H13N.C7H16N2.C7H15NO.C7H15NS.C7H15N/c1-8(2)9-5-4-6-10(3)7-9;1-8(2)9-6-4-3-5-7-9;1-8(2)10-6-3-4-9-5-7-10;1-7(2)8-3-5-9-6-4-8;2*1-8(2)9-6-4-3-5-7-9;1-7(2)9-5-3-8-4-6-9;2*1-7(2)8-3-5-9-6-4-8;1-7(2)8-5-3-4-6-8/h4-5,7-8H,6H2,1-3H3;6,8H,3-5,7H2,1-2H3;8-9H,3-7H2,1-2H3;3,7,9H,4-6H2,1-2H3;8H,3-7H2,1-2H3;4-8H,3H2,1-2H3;7-8H,3-6H2,1-2H3;2*7H,3-6H2,1-2H3;7H,3-6H2,1-2H3. The molecule has 9 aliphatic heterocycles. The summed E-state index contributed by atoms with van der Waals surface area (Å²) in [5.41, 5.74) is 4.73. The monoisotopic (exact) mass is 1290 g/mol. The lowest BCUT2D eigenvalue weighted by molar-refractivity contribution is 0.0238. The third-order valence-corrected chi connectivity index (χ3v) is 19.5. The van der Waals surface area contributed by atoms with Crippen LogP contribution in [0.25, 0.3) is 0 Å². The van der Waals surface area contributed by atoms with Gasteiger partial charge in [-0.3, -0.25) is 19.6 Å². The summed E-state index contributed by atoms with van der Waals surface area (Å²) >= 11 is 2.07. The van der Waals surface area contributed by atoms with Crippen LogP contribution in [0.4, 0.5) is 0 Å². The van der Waals surface area contributed by atoms with Crippen molar-refractivity contribution in [3.05, 3.63) is 71.8 Å². The number of hydrogen-bond donors (Lipinski definition) is 3. The van der Waals surface area contributed by atoms with Crippen LogP contribution in [0, 0.1) is 17.8 Å². The number of nitrogens with zero attached hydrogens (tertiary/aromatic N) is 8. The average Bonchev–Trinajstić information content (AvgIpc) is 4.22. The largest absolute Gasteiger partial charge is 0.379 e. The van der Waals surface area contributed by atoms with Gasteiger partial charge in [-0.25, -0.2) is 0 Å². The van der Waals surface area contributed by atoms with Crippen LogP contribution in [0.3, 0.4) is 0 Å². The maximum Gasteiger partial charge on any atom is 0.0594 e. The number of thioether (sulfide) groups is 1. The maximum atomic E-state index is 5.21. The fraction of sp³-hybridized carbons (Fsp3) is 0.846. The molecule has 0 spiro atoms. The van der Waals surface area contributed by atoms with Gasteiger partial charge >= 0.3 is 0 Å². The lowest BCUT2D eigenvalue weighted by Gasteiger charge is -2.30. The van der Waals surface area contributed by atoms with Crippen LogP contribution >= 0.6 is 11.8 Å². The molecule has 0 aromatic rings. The number of likely N-dealkylation sites (tertiary alicyclic amines) is 2. The lowest BCUT2D eigenvalue weighted by atomic mass is 9.92. The van der Waals surface area contributed by atoms with E-state index in [0.717, 1.165) is 107 Å². The molecule has 0 bridgehead atoms. The first-order valence-electron chi connectivity index (χ1n) is 37.7. The molecule has 6 fully saturated rings. The third-order valence-electron chi connectivity index (χ3n) is 18.6. The van der Waals surface area contributed by atoms with Gasteiger partial charge < -0.3 is 40.3 Å². The van der Waals surface area contributed by atoms with Crippen molar-refractivity contribution in [1.29, 1.82) is 0 Å². The Kier molecular flexibility index (Phi) is 52.6. The Hall–Kier alpha value is -2.01. The van der Waals surface area contributed by atoms with E-state index in [4.69, 9.17) is 4.74 Å². The summed E-state index contributed by atoms with van der Waals surface area (Å²) < 4.78 is 5.21. The van der Waals surface area contributed by atoms with Gasteiger partial charge in [0.1, 0.15) is 0 Å². The van der Waals surface area contributed by atoms with Crippen molar-refractivity contribution in [2.75, 3.05) is 156 Å². The van der Waals surface area contributed by atoms with E-state index in [9.17, 15) is 0 Å². The molecule has 12 nitrogen and oxygen atoms in total. The molecule has 3 N–H and O–H groups in total. The predicted octanol–water partition coefficient (Wildman–Crippen LogP) is 15.4. The second-order valence-electron chi connectivity index (χ2n) is 29.4. The van der Waals surface area contributed by atoms with Crippen molar-refractivity contribution in [3.8, 4) is 0 Å². The highest BCUT2D eigenvalue weighted by molar-refractivity contribution is 7.99. The molecule has 0 aromatic heterocycles. The molecular formula is C78H155N11OS. The van der Waals surface area contributed by atoms with E-state index < -0.39 is 0 Å². The van der Waals surface area contributed by atoms with Gasteiger partial charge in [-0.2, -0.15) is 11.8 Å². The van der Waals surface area contributed by atoms with Gasteiger partial charge in [0.25, 0.3) is 0 Å². The van der Waals surface area contributed by atoms with Crippen LogP contribution in [0.2, 0.25) is 0 Å². The van der Waals surface area contributed by atoms with Crippen molar-refractivity contribution in [2.45, 2.75) is 258 Å². The van der Waals surface area contributed by atoms with E-state index in [0.29, 0.717) is 18.0 Å². The quantitative estimate of drug-likeness (QED) is 0.182. The van der Waals surface area contributed by atoms with Gasteiger partial charge in [-0.05, 0) is 237 Å². The summed E-state index contributed by atoms with van der Waals surface area (Å²) in [6.07, 6.45) is 36.2. The zero-order chi connectivity index (χ0) is 67.8. The van der Waals surface area contributed by atoms with Gasteiger partial charge in [0.05, 0.1) is 13.2 Å². The number of rotatable bonds is 10. The molecule has 13 heteroatoms. The maximum absolute atomic E-state index is 5.21. The summed E-state index contributed by atoms with van der Waals surface area (Å²) in [5, 5.41) is 10.0. The van der Waals surface area contributed by atoms with E-state index in [1.807, 2.05) is 0 Å². The first kappa shape index (κ1) is 87.0. The highest BCUT2D eigenvalue weighted by Crippen LogP contribution is 2.23. The number of allylic oxidation sites excluding steroid dienone is 6. The second-order valence-corrected chi connectivity index (χ2v) is 30.6. The fourth-order valence-electron chi connectivity index (χ4n) is 11.9. The Morgan fingerprint density at radius 1 is 0.396 bits per heavy atom. The van der Waals surface area contributed by atoms with Crippen molar-refractivity contribution in [1.82, 2.24) is 55.1 Å². The van der Waals surface area contributed by atoms with Crippen LogP contribution in [0.1, 0.15) is 216 Å². The van der Waals surface area contributed by atoms with E-state index in [1.54, 1.807) is 11.1 Å². The summed E-state index contributed by atoms with van der Waals surface area (Å²) in [6, 6.07) is 5.03. The number of morpholine rings is 1. The number of hydrogen-bond acceptors (Lipinski definition) is 13. The molecular weight excluding hydrogens is 1140 g/mol. The minimum Gasteiger partial charge on any atom is -0.379 e. The normalized spacial score (nSPS) is 21.3. The van der Waals surface area contributed by atoms with Crippen LogP contribution < -0.4 is 16.0 Å². The fourth-order valence-corrected chi connectivity index (χ4v) is 12.8. The molecule has 0 aromatic carbocycles. The summed E-state index contributed by atoms with van der Waals surface area (Å²) in [4.78, 5) is 19.5. The van der Waals surface area contributed by atoms with Gasteiger partial charge in [0, 0.05) is 158 Å². The average molecular weight is 1300 g/mol. The first-order valence-corrected chi connectivity index (χ1v) is 38.9. The van der Waals surface area contributed by atoms with Gasteiger partial charge in [-0.1, -0.05) is 95.6 Å². The van der Waals surface area contributed by atoms with Crippen LogP contribution in [-0.2, 0) is 4.74 Å². The Balaban J connectivity index is 0.000000506. The minimum absolute atomic E-state index is 0.595. The SMILES string of the molecule is CC(C)C1=CCCCC1.CC(C)C1=CCNCC1.CC(C)C1=CN(C)CC=C1.CC(C)N1C=CCC=C1.CC(C)N1CCCC1.CC(C)N1CCCCC1.CC(C)N1CCCNCC1.CC(C)N1CCNCC1.CC(C)N1CCOCC1.CC(C)N1CCSCC1. The highest BCUT2D eigenvalue weighted by atomic mass is 32.2. The second kappa shape index (κ2) is 55.0. The Bertz CT molecular complexity index is 1720. The summed E-state index contributed by atoms with van der Waals surface area (Å²) in [6.45, 7) is 69.9. The molecule has 0 atom stereocenters. The van der Waals surface area contributed by atoms with Crippen molar-refractivity contribution in [3.63, 3.8) is 0 Å². The van der Waals surface area contributed by atoms with E-state index in [2.05, 4.69) is 267 Å². The Morgan fingerprint density at radius 3 is 1.19 bits per heavy atom. The van der Waals surface area contributed by atoms with Gasteiger partial charge in [0.15, 0.2) is 0 Å². The number of piperidine rings is 1. The summed E-state index contributed by atoms with van der Waals surface area (Å²) in [7, 11) is 2.10. The number of nitrogens with one attached hydrogen (secondary N) is 3. The summed E-state index contributed by atoms with van der Waals surface area (Å²) in [5.74, 6) is 4.87. The Labute approximate surface area is 572 Å². The van der Waals surface area contributed by atoms with Crippen LogP contribution in [0.5, 0.6) is 0 Å². The predicted molar refractivity (Wildman–Crippen MR) is 408 cm³/mol. The molecule has 9 heterocycles. The smallest absolute Gasteiger partial charge is 0.0594 e. The topological polar surface area (TPSA) is 71.2 Å². The van der Waals surface area contributed by atoms with Crippen LogP contribution in [-0.4, -0.2) is 238 Å². The van der Waals surface area contributed by atoms with Crippen LogP contribution in [0.15, 0.2) is 71.8 Å². The molecule has 6 saturated heterocycles. The first-order chi connectivity index (χ1) is 43.4. The number of ether oxygens (including phenoxy) is 1. The highest BCUT2D eigenvalue weighted by Gasteiger charge is 2.17. The zero-order valence-electron chi connectivity index (χ0n) is 64.1. The minimum atomic E-state index is 0.595. The Morgan fingerprint density at radius 2 is 0.835 bits per heavy atom. The lowest BCUT2D eigenvalue weighted by Crippen LogP contribution is -2.46. The van der Waals surface area contributed by atoms with E-state index in [1.165, 1.54) is 166 Å². The molecule has 0 unspecified atom stereocenters. The molecule has 0 radical (unpaired) electrons. The molecule has 0 saturated carbocycles. The van der Waals surface area contributed by atoms with Gasteiger partial charge in [0.2, 0.25) is 0 Å². The third kappa shape index (κ3) is 45.2. The number of likely N-dealkylation sites (N-methyl/N-ethyl adjacent to an activating group) is 1. The van der Waals surface area contributed by atoms with Crippen molar-refractivity contribution < 1.29 is 4.74 Å². The van der Waals surface area contributed by atoms with Gasteiger partial charge in [-0.15, -0.1) is 0 Å². The molecule has 91 heavy (non-hydrogen) atoms. The zero-order valence-corrected chi connectivity index (χ0v) is 64.9. The van der Waals surface area contributed by atoms with E-state index in [-0.39, 0.29) is 0 Å². The molecule has 10 aliphatic rings.